The smallest absolute Gasteiger partial charge is 0.222 e. The number of hydrogen-bond acceptors (Lipinski definition) is 3. The van der Waals surface area contributed by atoms with E-state index in [1.165, 1.54) is 0 Å². The average Bonchev–Trinajstić information content (AvgIpc) is 2.79. The first-order valence-corrected chi connectivity index (χ1v) is 6.39. The van der Waals surface area contributed by atoms with E-state index in [-0.39, 0.29) is 0 Å². The quantitative estimate of drug-likeness (QED) is 0.772. The molecular weight excluding hydrogens is 204 g/mol. The van der Waals surface area contributed by atoms with Crippen molar-refractivity contribution in [3.05, 3.63) is 0 Å². The molecule has 2 fully saturated rings. The predicted molar refractivity (Wildman–Crippen MR) is 62.3 cm³/mol. The fraction of sp³-hybridized carbons (Fsp3) is 0.917. The Bertz CT molecular complexity index is 239. The lowest BCUT2D eigenvalue weighted by atomic mass is 10.1. The van der Waals surface area contributed by atoms with Crippen LogP contribution in [0.2, 0.25) is 0 Å². The highest BCUT2D eigenvalue weighted by molar-refractivity contribution is 5.76. The third-order valence-corrected chi connectivity index (χ3v) is 3.53. The van der Waals surface area contributed by atoms with E-state index >= 15 is 0 Å². The van der Waals surface area contributed by atoms with E-state index in [0.29, 0.717) is 24.5 Å². The Morgan fingerprint density at radius 3 is 3.12 bits per heavy atom. The Labute approximate surface area is 97.3 Å². The molecule has 0 saturated carbocycles. The van der Waals surface area contributed by atoms with Gasteiger partial charge in [0.1, 0.15) is 0 Å². The maximum absolute atomic E-state index is 12.0. The van der Waals surface area contributed by atoms with Crippen LogP contribution >= 0.6 is 0 Å². The average molecular weight is 226 g/mol. The van der Waals surface area contributed by atoms with Crippen molar-refractivity contribution < 1.29 is 9.53 Å². The highest BCUT2D eigenvalue weighted by Crippen LogP contribution is 2.18. The van der Waals surface area contributed by atoms with Crippen molar-refractivity contribution >= 4 is 5.91 Å². The molecule has 0 radical (unpaired) electrons. The molecule has 2 unspecified atom stereocenters. The van der Waals surface area contributed by atoms with E-state index < -0.39 is 0 Å². The molecule has 1 N–H and O–H groups in total. The van der Waals surface area contributed by atoms with Gasteiger partial charge < -0.3 is 15.0 Å². The molecule has 0 bridgehead atoms. The Balaban J connectivity index is 1.73. The van der Waals surface area contributed by atoms with Crippen LogP contribution in [0.5, 0.6) is 0 Å². The van der Waals surface area contributed by atoms with E-state index in [0.717, 1.165) is 45.5 Å². The summed E-state index contributed by atoms with van der Waals surface area (Å²) in [7, 11) is 0. The van der Waals surface area contributed by atoms with Crippen molar-refractivity contribution in [1.82, 2.24) is 10.2 Å². The van der Waals surface area contributed by atoms with Gasteiger partial charge in [0.15, 0.2) is 0 Å². The van der Waals surface area contributed by atoms with Gasteiger partial charge in [0, 0.05) is 38.7 Å². The monoisotopic (exact) mass is 226 g/mol. The van der Waals surface area contributed by atoms with Gasteiger partial charge in [0.05, 0.1) is 6.10 Å². The lowest BCUT2D eigenvalue weighted by Crippen LogP contribution is -2.52. The summed E-state index contributed by atoms with van der Waals surface area (Å²) < 4.78 is 5.53. The molecule has 4 heteroatoms. The topological polar surface area (TPSA) is 41.6 Å². The van der Waals surface area contributed by atoms with Crippen LogP contribution in [0.3, 0.4) is 0 Å². The number of ether oxygens (including phenoxy) is 1. The van der Waals surface area contributed by atoms with Gasteiger partial charge in [0.2, 0.25) is 5.91 Å². The molecule has 0 aromatic heterocycles. The summed E-state index contributed by atoms with van der Waals surface area (Å²) in [5.41, 5.74) is 0. The number of piperazine rings is 1. The fourth-order valence-electron chi connectivity index (χ4n) is 2.51. The highest BCUT2D eigenvalue weighted by atomic mass is 16.5. The van der Waals surface area contributed by atoms with Crippen molar-refractivity contribution in [1.29, 1.82) is 0 Å². The molecule has 0 aliphatic carbocycles. The van der Waals surface area contributed by atoms with Crippen LogP contribution < -0.4 is 5.32 Å². The lowest BCUT2D eigenvalue weighted by molar-refractivity contribution is -0.134. The standard InChI is InChI=1S/C12H22N2O2/c1-10-9-13-6-7-14(10)12(15)5-4-11-3-2-8-16-11/h10-11,13H,2-9H2,1H3. The van der Waals surface area contributed by atoms with Crippen molar-refractivity contribution in [2.24, 2.45) is 0 Å². The molecule has 0 aromatic carbocycles. The molecule has 16 heavy (non-hydrogen) atoms. The lowest BCUT2D eigenvalue weighted by Gasteiger charge is -2.34. The Morgan fingerprint density at radius 2 is 2.44 bits per heavy atom. The summed E-state index contributed by atoms with van der Waals surface area (Å²) in [5, 5.41) is 3.30. The molecule has 0 spiro atoms. The zero-order valence-electron chi connectivity index (χ0n) is 10.1. The van der Waals surface area contributed by atoms with E-state index in [9.17, 15) is 4.79 Å². The molecule has 2 aliphatic heterocycles. The van der Waals surface area contributed by atoms with Gasteiger partial charge in [-0.3, -0.25) is 4.79 Å². The maximum atomic E-state index is 12.0. The highest BCUT2D eigenvalue weighted by Gasteiger charge is 2.24. The van der Waals surface area contributed by atoms with Gasteiger partial charge in [-0.15, -0.1) is 0 Å². The number of nitrogens with one attached hydrogen (secondary N) is 1. The Kier molecular flexibility index (Phi) is 4.18. The van der Waals surface area contributed by atoms with Crippen molar-refractivity contribution in [3.8, 4) is 0 Å². The van der Waals surface area contributed by atoms with Crippen LogP contribution in [0.15, 0.2) is 0 Å². The number of amides is 1. The minimum absolute atomic E-state index is 0.296. The molecule has 4 nitrogen and oxygen atoms in total. The molecule has 2 heterocycles. The van der Waals surface area contributed by atoms with Crippen LogP contribution in [-0.2, 0) is 9.53 Å². The van der Waals surface area contributed by atoms with E-state index in [1.54, 1.807) is 0 Å². The summed E-state index contributed by atoms with van der Waals surface area (Å²) in [6.45, 7) is 5.69. The summed E-state index contributed by atoms with van der Waals surface area (Å²) in [6.07, 6.45) is 4.17. The largest absolute Gasteiger partial charge is 0.378 e. The first kappa shape index (κ1) is 11.9. The molecule has 2 rings (SSSR count). The first-order valence-electron chi connectivity index (χ1n) is 6.39. The van der Waals surface area contributed by atoms with Crippen LogP contribution in [0.4, 0.5) is 0 Å². The second-order valence-corrected chi connectivity index (χ2v) is 4.81. The third-order valence-electron chi connectivity index (χ3n) is 3.53. The molecular formula is C12H22N2O2. The van der Waals surface area contributed by atoms with Crippen LogP contribution in [0, 0.1) is 0 Å². The summed E-state index contributed by atoms with van der Waals surface area (Å²) >= 11 is 0. The zero-order valence-corrected chi connectivity index (χ0v) is 10.1. The summed E-state index contributed by atoms with van der Waals surface area (Å²) in [4.78, 5) is 14.0. The van der Waals surface area contributed by atoms with Crippen molar-refractivity contribution in [2.75, 3.05) is 26.2 Å². The molecule has 1 amide bonds. The van der Waals surface area contributed by atoms with Crippen molar-refractivity contribution in [2.45, 2.75) is 44.8 Å². The summed E-state index contributed by atoms with van der Waals surface area (Å²) in [5.74, 6) is 0.296. The van der Waals surface area contributed by atoms with Crippen LogP contribution in [0.1, 0.15) is 32.6 Å². The van der Waals surface area contributed by atoms with Crippen molar-refractivity contribution in [3.63, 3.8) is 0 Å². The Hall–Kier alpha value is -0.610. The molecule has 2 saturated heterocycles. The SMILES string of the molecule is CC1CNCCN1C(=O)CCC1CCCO1. The number of nitrogens with zero attached hydrogens (tertiary/aromatic N) is 1. The zero-order chi connectivity index (χ0) is 11.4. The number of carbonyl (C=O) groups is 1. The first-order chi connectivity index (χ1) is 7.77. The molecule has 92 valence electrons. The van der Waals surface area contributed by atoms with Crippen LogP contribution in [0.25, 0.3) is 0 Å². The predicted octanol–water partition coefficient (Wildman–Crippen LogP) is 0.766. The van der Waals surface area contributed by atoms with E-state index in [2.05, 4.69) is 12.2 Å². The number of rotatable bonds is 3. The minimum Gasteiger partial charge on any atom is -0.378 e. The van der Waals surface area contributed by atoms with Gasteiger partial charge in [-0.05, 0) is 26.2 Å². The number of carbonyl (C=O) groups excluding carboxylic acids is 1. The Morgan fingerprint density at radius 1 is 1.56 bits per heavy atom. The molecule has 2 aliphatic rings. The van der Waals surface area contributed by atoms with Gasteiger partial charge in [-0.2, -0.15) is 0 Å². The third kappa shape index (κ3) is 2.95. The second-order valence-electron chi connectivity index (χ2n) is 4.81. The molecule has 0 aromatic rings. The van der Waals surface area contributed by atoms with Gasteiger partial charge in [0.25, 0.3) is 0 Å². The van der Waals surface area contributed by atoms with Gasteiger partial charge >= 0.3 is 0 Å². The molecule has 2 atom stereocenters. The van der Waals surface area contributed by atoms with Gasteiger partial charge in [-0.25, -0.2) is 0 Å². The van der Waals surface area contributed by atoms with E-state index in [4.69, 9.17) is 4.74 Å². The maximum Gasteiger partial charge on any atom is 0.222 e. The fourth-order valence-corrected chi connectivity index (χ4v) is 2.51. The summed E-state index contributed by atoms with van der Waals surface area (Å²) in [6, 6.07) is 0.339. The minimum atomic E-state index is 0.296. The van der Waals surface area contributed by atoms with Crippen LogP contribution in [-0.4, -0.2) is 49.2 Å². The normalized spacial score (nSPS) is 30.7. The number of hydrogen-bond donors (Lipinski definition) is 1. The van der Waals surface area contributed by atoms with Gasteiger partial charge in [-0.1, -0.05) is 0 Å². The second kappa shape index (κ2) is 5.64. The van der Waals surface area contributed by atoms with E-state index in [1.807, 2.05) is 4.90 Å².